The number of nitro groups is 1. The SMILES string of the molecule is CC1CCCC(Nc2cccc([N+](=O)[O-])c2)C1. The van der Waals surface area contributed by atoms with Gasteiger partial charge in [0, 0.05) is 23.9 Å². The Kier molecular flexibility index (Phi) is 3.61. The average Bonchev–Trinajstić information content (AvgIpc) is 2.29. The molecule has 1 N–H and O–H groups in total. The molecule has 1 saturated carbocycles. The summed E-state index contributed by atoms with van der Waals surface area (Å²) in [5.74, 6) is 0.750. The topological polar surface area (TPSA) is 55.2 Å². The van der Waals surface area contributed by atoms with E-state index in [1.165, 1.54) is 18.9 Å². The number of nitro benzene ring substituents is 1. The van der Waals surface area contributed by atoms with Crippen molar-refractivity contribution in [3.8, 4) is 0 Å². The van der Waals surface area contributed by atoms with Crippen LogP contribution >= 0.6 is 0 Å². The van der Waals surface area contributed by atoms with E-state index in [9.17, 15) is 10.1 Å². The number of hydrogen-bond acceptors (Lipinski definition) is 3. The summed E-state index contributed by atoms with van der Waals surface area (Å²) in [6.07, 6.45) is 4.86. The zero-order valence-corrected chi connectivity index (χ0v) is 10.1. The molecule has 1 aromatic rings. The molecule has 4 heteroatoms. The highest BCUT2D eigenvalue weighted by Gasteiger charge is 2.18. The standard InChI is InChI=1S/C13H18N2O2/c1-10-4-2-5-11(8-10)14-12-6-3-7-13(9-12)15(16)17/h3,6-7,9-11,14H,2,4-5,8H2,1H3. The molecule has 2 atom stereocenters. The Morgan fingerprint density at radius 2 is 2.24 bits per heavy atom. The van der Waals surface area contributed by atoms with Crippen LogP contribution in [0.1, 0.15) is 32.6 Å². The molecule has 0 saturated heterocycles. The maximum atomic E-state index is 10.7. The minimum absolute atomic E-state index is 0.152. The first-order valence-corrected chi connectivity index (χ1v) is 6.16. The van der Waals surface area contributed by atoms with E-state index in [1.54, 1.807) is 12.1 Å². The summed E-state index contributed by atoms with van der Waals surface area (Å²) in [4.78, 5) is 10.3. The number of nitrogens with zero attached hydrogens (tertiary/aromatic N) is 1. The molecular formula is C13H18N2O2. The molecule has 2 unspecified atom stereocenters. The van der Waals surface area contributed by atoms with E-state index in [1.807, 2.05) is 6.07 Å². The van der Waals surface area contributed by atoms with E-state index in [2.05, 4.69) is 12.2 Å². The molecule has 0 aromatic heterocycles. The summed E-state index contributed by atoms with van der Waals surface area (Å²) in [5.41, 5.74) is 1.01. The second-order valence-corrected chi connectivity index (χ2v) is 4.92. The van der Waals surface area contributed by atoms with Crippen molar-refractivity contribution in [1.82, 2.24) is 0 Å². The second-order valence-electron chi connectivity index (χ2n) is 4.92. The number of benzene rings is 1. The first-order chi connectivity index (χ1) is 8.15. The maximum absolute atomic E-state index is 10.7. The molecule has 0 aliphatic heterocycles. The lowest BCUT2D eigenvalue weighted by Gasteiger charge is -2.28. The van der Waals surface area contributed by atoms with E-state index < -0.39 is 0 Å². The van der Waals surface area contributed by atoms with Crippen LogP contribution in [0, 0.1) is 16.0 Å². The van der Waals surface area contributed by atoms with Crippen molar-refractivity contribution < 1.29 is 4.92 Å². The Labute approximate surface area is 101 Å². The van der Waals surface area contributed by atoms with Crippen LogP contribution < -0.4 is 5.32 Å². The third kappa shape index (κ3) is 3.19. The molecule has 0 bridgehead atoms. The van der Waals surface area contributed by atoms with Crippen molar-refractivity contribution in [2.24, 2.45) is 5.92 Å². The molecule has 0 spiro atoms. The van der Waals surface area contributed by atoms with Gasteiger partial charge in [-0.05, 0) is 24.8 Å². The number of non-ortho nitro benzene ring substituents is 1. The predicted octanol–water partition coefficient (Wildman–Crippen LogP) is 3.59. The highest BCUT2D eigenvalue weighted by Crippen LogP contribution is 2.27. The summed E-state index contributed by atoms with van der Waals surface area (Å²) in [5, 5.41) is 14.1. The van der Waals surface area contributed by atoms with E-state index >= 15 is 0 Å². The van der Waals surface area contributed by atoms with Gasteiger partial charge in [0.15, 0.2) is 0 Å². The molecular weight excluding hydrogens is 216 g/mol. The Hall–Kier alpha value is -1.58. The molecule has 4 nitrogen and oxygen atoms in total. The largest absolute Gasteiger partial charge is 0.382 e. The molecule has 2 rings (SSSR count). The van der Waals surface area contributed by atoms with Gasteiger partial charge in [-0.25, -0.2) is 0 Å². The van der Waals surface area contributed by atoms with Crippen LogP contribution in [-0.2, 0) is 0 Å². The molecule has 1 fully saturated rings. The Morgan fingerprint density at radius 1 is 1.41 bits per heavy atom. The summed E-state index contributed by atoms with van der Waals surface area (Å²) in [7, 11) is 0. The van der Waals surface area contributed by atoms with E-state index in [0.29, 0.717) is 6.04 Å². The number of rotatable bonds is 3. The summed E-state index contributed by atoms with van der Waals surface area (Å²) >= 11 is 0. The molecule has 1 aromatic carbocycles. The first-order valence-electron chi connectivity index (χ1n) is 6.16. The fourth-order valence-electron chi connectivity index (χ4n) is 2.51. The molecule has 0 heterocycles. The van der Waals surface area contributed by atoms with Gasteiger partial charge in [0.05, 0.1) is 4.92 Å². The molecule has 17 heavy (non-hydrogen) atoms. The number of hydrogen-bond donors (Lipinski definition) is 1. The minimum atomic E-state index is -0.353. The highest BCUT2D eigenvalue weighted by molar-refractivity contribution is 5.51. The average molecular weight is 234 g/mol. The zero-order valence-electron chi connectivity index (χ0n) is 10.1. The van der Waals surface area contributed by atoms with Crippen molar-refractivity contribution in [2.75, 3.05) is 5.32 Å². The Balaban J connectivity index is 2.02. The highest BCUT2D eigenvalue weighted by atomic mass is 16.6. The Morgan fingerprint density at radius 3 is 2.94 bits per heavy atom. The second kappa shape index (κ2) is 5.17. The third-order valence-corrected chi connectivity index (χ3v) is 3.36. The van der Waals surface area contributed by atoms with Crippen LogP contribution in [0.3, 0.4) is 0 Å². The van der Waals surface area contributed by atoms with Gasteiger partial charge in [0.1, 0.15) is 0 Å². The van der Waals surface area contributed by atoms with Gasteiger partial charge in [-0.1, -0.05) is 25.8 Å². The van der Waals surface area contributed by atoms with Gasteiger partial charge >= 0.3 is 0 Å². The monoisotopic (exact) mass is 234 g/mol. The van der Waals surface area contributed by atoms with Crippen molar-refractivity contribution in [3.63, 3.8) is 0 Å². The maximum Gasteiger partial charge on any atom is 0.271 e. The lowest BCUT2D eigenvalue weighted by molar-refractivity contribution is -0.384. The fraction of sp³-hybridized carbons (Fsp3) is 0.538. The van der Waals surface area contributed by atoms with E-state index in [4.69, 9.17) is 0 Å². The minimum Gasteiger partial charge on any atom is -0.382 e. The van der Waals surface area contributed by atoms with Crippen LogP contribution in [0.25, 0.3) is 0 Å². The normalized spacial score (nSPS) is 24.3. The first kappa shape index (κ1) is 11.9. The lowest BCUT2D eigenvalue weighted by Crippen LogP contribution is -2.26. The molecule has 1 aliphatic carbocycles. The van der Waals surface area contributed by atoms with Crippen LogP contribution in [0.15, 0.2) is 24.3 Å². The number of anilines is 1. The van der Waals surface area contributed by atoms with Crippen molar-refractivity contribution in [2.45, 2.75) is 38.6 Å². The Bertz CT molecular complexity index is 406. The van der Waals surface area contributed by atoms with Gasteiger partial charge < -0.3 is 5.32 Å². The zero-order chi connectivity index (χ0) is 12.3. The third-order valence-electron chi connectivity index (χ3n) is 3.36. The molecule has 0 radical (unpaired) electrons. The molecule has 1 aliphatic rings. The number of nitrogens with one attached hydrogen (secondary N) is 1. The summed E-state index contributed by atoms with van der Waals surface area (Å²) in [6.45, 7) is 2.27. The van der Waals surface area contributed by atoms with Gasteiger partial charge in [-0.3, -0.25) is 10.1 Å². The van der Waals surface area contributed by atoms with Crippen LogP contribution in [-0.4, -0.2) is 11.0 Å². The predicted molar refractivity (Wildman–Crippen MR) is 68.1 cm³/mol. The summed E-state index contributed by atoms with van der Waals surface area (Å²) < 4.78 is 0. The van der Waals surface area contributed by atoms with Gasteiger partial charge in [0.2, 0.25) is 0 Å². The molecule has 92 valence electrons. The van der Waals surface area contributed by atoms with Crippen LogP contribution in [0.2, 0.25) is 0 Å². The van der Waals surface area contributed by atoms with Crippen LogP contribution in [0.5, 0.6) is 0 Å². The molecule has 0 amide bonds. The van der Waals surface area contributed by atoms with Crippen molar-refractivity contribution >= 4 is 11.4 Å². The summed E-state index contributed by atoms with van der Waals surface area (Å²) in [6, 6.07) is 7.22. The lowest BCUT2D eigenvalue weighted by atomic mass is 9.87. The van der Waals surface area contributed by atoms with Gasteiger partial charge in [-0.15, -0.1) is 0 Å². The van der Waals surface area contributed by atoms with Gasteiger partial charge in [0.25, 0.3) is 5.69 Å². The quantitative estimate of drug-likeness (QED) is 0.642. The van der Waals surface area contributed by atoms with Crippen molar-refractivity contribution in [3.05, 3.63) is 34.4 Å². The van der Waals surface area contributed by atoms with E-state index in [0.717, 1.165) is 24.4 Å². The van der Waals surface area contributed by atoms with Crippen molar-refractivity contribution in [1.29, 1.82) is 0 Å². The smallest absolute Gasteiger partial charge is 0.271 e. The van der Waals surface area contributed by atoms with Crippen LogP contribution in [0.4, 0.5) is 11.4 Å². The van der Waals surface area contributed by atoms with E-state index in [-0.39, 0.29) is 10.6 Å². The fourth-order valence-corrected chi connectivity index (χ4v) is 2.51. The van der Waals surface area contributed by atoms with Gasteiger partial charge in [-0.2, -0.15) is 0 Å².